The number of piperazine rings is 1. The maximum atomic E-state index is 12.8. The third kappa shape index (κ3) is 4.47. The number of nitrogens with one attached hydrogen (secondary N) is 1. The van der Waals surface area contributed by atoms with Gasteiger partial charge >= 0.3 is 6.61 Å². The smallest absolute Gasteiger partial charge is 0.387 e. The lowest BCUT2D eigenvalue weighted by Crippen LogP contribution is -2.44. The Hall–Kier alpha value is -3.66. The SMILES string of the molecule is Cc1nc2ncc(-c3cnc(N4CCNCC4)nc3)cn2c1Cc1ccccc1OC(F)F. The van der Waals surface area contributed by atoms with Gasteiger partial charge < -0.3 is 15.0 Å². The quantitative estimate of drug-likeness (QED) is 0.483. The van der Waals surface area contributed by atoms with Gasteiger partial charge in [-0.05, 0) is 13.0 Å². The number of benzene rings is 1. The van der Waals surface area contributed by atoms with Gasteiger partial charge in [-0.2, -0.15) is 8.78 Å². The van der Waals surface area contributed by atoms with Crippen molar-refractivity contribution < 1.29 is 13.5 Å². The van der Waals surface area contributed by atoms with Gasteiger partial charge in [-0.15, -0.1) is 0 Å². The fourth-order valence-electron chi connectivity index (χ4n) is 3.99. The second kappa shape index (κ2) is 9.07. The molecule has 0 saturated carbocycles. The molecule has 1 aromatic carbocycles. The summed E-state index contributed by atoms with van der Waals surface area (Å²) in [6.07, 6.45) is 7.63. The number of hydrogen-bond acceptors (Lipinski definition) is 7. The number of ether oxygens (including phenoxy) is 1. The standard InChI is InChI=1S/C23H23F2N7O/c1-15-19(10-16-4-2-3-5-20(16)33-21(24)25)32-14-18(13-29-23(32)30-15)17-11-27-22(28-12-17)31-8-6-26-7-9-31/h2-5,11-14,21,26H,6-10H2,1H3. The topological polar surface area (TPSA) is 80.5 Å². The first kappa shape index (κ1) is 21.2. The Labute approximate surface area is 189 Å². The molecule has 1 aliphatic heterocycles. The Bertz CT molecular complexity index is 1250. The first-order chi connectivity index (χ1) is 16.1. The van der Waals surface area contributed by atoms with E-state index < -0.39 is 6.61 Å². The molecule has 5 rings (SSSR count). The summed E-state index contributed by atoms with van der Waals surface area (Å²) in [5.41, 5.74) is 3.95. The molecule has 4 aromatic rings. The molecule has 0 bridgehead atoms. The van der Waals surface area contributed by atoms with Crippen LogP contribution in [0.25, 0.3) is 16.9 Å². The zero-order valence-corrected chi connectivity index (χ0v) is 18.1. The van der Waals surface area contributed by atoms with Crippen LogP contribution in [0.5, 0.6) is 5.75 Å². The predicted octanol–water partition coefficient (Wildman–Crippen LogP) is 3.10. The monoisotopic (exact) mass is 451 g/mol. The minimum atomic E-state index is -2.88. The molecule has 4 heterocycles. The lowest BCUT2D eigenvalue weighted by Gasteiger charge is -2.27. The van der Waals surface area contributed by atoms with Gasteiger partial charge in [0.05, 0.1) is 11.4 Å². The number of aromatic nitrogens is 5. The minimum Gasteiger partial charge on any atom is -0.435 e. The van der Waals surface area contributed by atoms with Gasteiger partial charge in [0.15, 0.2) is 0 Å². The summed E-state index contributed by atoms with van der Waals surface area (Å²) in [4.78, 5) is 20.3. The summed E-state index contributed by atoms with van der Waals surface area (Å²) in [5.74, 6) is 1.41. The Balaban J connectivity index is 1.46. The number of nitrogens with zero attached hydrogens (tertiary/aromatic N) is 6. The molecule has 33 heavy (non-hydrogen) atoms. The highest BCUT2D eigenvalue weighted by atomic mass is 19.3. The third-order valence-electron chi connectivity index (χ3n) is 5.70. The number of hydrogen-bond donors (Lipinski definition) is 1. The van der Waals surface area contributed by atoms with Crippen molar-refractivity contribution >= 4 is 11.7 Å². The Morgan fingerprint density at radius 1 is 1.03 bits per heavy atom. The zero-order chi connectivity index (χ0) is 22.8. The highest BCUT2D eigenvalue weighted by molar-refractivity contribution is 5.62. The lowest BCUT2D eigenvalue weighted by atomic mass is 10.1. The molecule has 0 amide bonds. The molecule has 0 unspecified atom stereocenters. The van der Waals surface area contributed by atoms with E-state index in [2.05, 4.69) is 30.2 Å². The minimum absolute atomic E-state index is 0.155. The molecule has 8 nitrogen and oxygen atoms in total. The number of fused-ring (bicyclic) bond motifs is 1. The molecule has 10 heteroatoms. The van der Waals surface area contributed by atoms with Gasteiger partial charge in [0.2, 0.25) is 11.7 Å². The first-order valence-electron chi connectivity index (χ1n) is 10.7. The molecule has 1 aliphatic rings. The van der Waals surface area contributed by atoms with Gasteiger partial charge in [-0.25, -0.2) is 19.9 Å². The highest BCUT2D eigenvalue weighted by Gasteiger charge is 2.17. The summed E-state index contributed by atoms with van der Waals surface area (Å²) in [7, 11) is 0. The average molecular weight is 451 g/mol. The Kier molecular flexibility index (Phi) is 5.82. The van der Waals surface area contributed by atoms with E-state index in [0.717, 1.165) is 48.7 Å². The van der Waals surface area contributed by atoms with Crippen molar-refractivity contribution in [3.63, 3.8) is 0 Å². The molecule has 1 saturated heterocycles. The summed E-state index contributed by atoms with van der Waals surface area (Å²) in [5, 5.41) is 3.32. The molecule has 170 valence electrons. The zero-order valence-electron chi connectivity index (χ0n) is 18.1. The van der Waals surface area contributed by atoms with Gasteiger partial charge in [-0.3, -0.25) is 4.40 Å². The average Bonchev–Trinajstić information content (AvgIpc) is 3.15. The van der Waals surface area contributed by atoms with Gasteiger partial charge in [0.25, 0.3) is 0 Å². The van der Waals surface area contributed by atoms with E-state index in [-0.39, 0.29) is 5.75 Å². The molecule has 1 N–H and O–H groups in total. The molecular weight excluding hydrogens is 428 g/mol. The van der Waals surface area contributed by atoms with Crippen LogP contribution in [-0.4, -0.2) is 57.1 Å². The van der Waals surface area contributed by atoms with Crippen molar-refractivity contribution in [3.05, 3.63) is 66.0 Å². The third-order valence-corrected chi connectivity index (χ3v) is 5.70. The normalized spacial score (nSPS) is 14.2. The largest absolute Gasteiger partial charge is 0.435 e. The van der Waals surface area contributed by atoms with Gasteiger partial charge in [-0.1, -0.05) is 18.2 Å². The van der Waals surface area contributed by atoms with E-state index in [1.165, 1.54) is 0 Å². The maximum Gasteiger partial charge on any atom is 0.387 e. The van der Waals surface area contributed by atoms with Crippen LogP contribution in [0.3, 0.4) is 0 Å². The van der Waals surface area contributed by atoms with Crippen molar-refractivity contribution in [1.29, 1.82) is 0 Å². The fourth-order valence-corrected chi connectivity index (χ4v) is 3.99. The molecular formula is C23H23F2N7O. The second-order valence-electron chi connectivity index (χ2n) is 7.83. The van der Waals surface area contributed by atoms with Crippen molar-refractivity contribution in [1.82, 2.24) is 29.7 Å². The van der Waals surface area contributed by atoms with E-state index in [0.29, 0.717) is 23.7 Å². The molecule has 0 atom stereocenters. The second-order valence-corrected chi connectivity index (χ2v) is 7.83. The van der Waals surface area contributed by atoms with Crippen LogP contribution in [0, 0.1) is 6.92 Å². The van der Waals surface area contributed by atoms with E-state index in [1.807, 2.05) is 17.5 Å². The van der Waals surface area contributed by atoms with Gasteiger partial charge in [0, 0.05) is 74.1 Å². The number of anilines is 1. The summed E-state index contributed by atoms with van der Waals surface area (Å²) in [6.45, 7) is 2.58. The Morgan fingerprint density at radius 3 is 2.52 bits per heavy atom. The molecule has 3 aromatic heterocycles. The van der Waals surface area contributed by atoms with E-state index in [9.17, 15) is 8.78 Å². The number of rotatable bonds is 6. The number of imidazole rings is 1. The first-order valence-corrected chi connectivity index (χ1v) is 10.7. The van der Waals surface area contributed by atoms with Crippen LogP contribution >= 0.6 is 0 Å². The number of aryl methyl sites for hydroxylation is 1. The molecule has 1 fully saturated rings. The summed E-state index contributed by atoms with van der Waals surface area (Å²) < 4.78 is 32.2. The number of para-hydroxylation sites is 1. The lowest BCUT2D eigenvalue weighted by molar-refractivity contribution is -0.0503. The van der Waals surface area contributed by atoms with Gasteiger partial charge in [0.1, 0.15) is 5.75 Å². The van der Waals surface area contributed by atoms with Crippen LogP contribution in [0.15, 0.2) is 49.1 Å². The van der Waals surface area contributed by atoms with Crippen LogP contribution < -0.4 is 15.0 Å². The molecule has 0 spiro atoms. The van der Waals surface area contributed by atoms with E-state index >= 15 is 0 Å². The maximum absolute atomic E-state index is 12.8. The molecule has 0 radical (unpaired) electrons. The fraction of sp³-hybridized carbons (Fsp3) is 0.304. The van der Waals surface area contributed by atoms with Crippen molar-refractivity contribution in [2.75, 3.05) is 31.1 Å². The van der Waals surface area contributed by atoms with E-state index in [1.54, 1.807) is 42.9 Å². The van der Waals surface area contributed by atoms with Crippen molar-refractivity contribution in [3.8, 4) is 16.9 Å². The van der Waals surface area contributed by atoms with Crippen LogP contribution in [0.1, 0.15) is 17.0 Å². The van der Waals surface area contributed by atoms with Crippen LogP contribution in [0.4, 0.5) is 14.7 Å². The highest BCUT2D eigenvalue weighted by Crippen LogP contribution is 2.26. The Morgan fingerprint density at radius 2 is 1.76 bits per heavy atom. The van der Waals surface area contributed by atoms with E-state index in [4.69, 9.17) is 4.74 Å². The van der Waals surface area contributed by atoms with Crippen molar-refractivity contribution in [2.24, 2.45) is 0 Å². The molecule has 0 aliphatic carbocycles. The van der Waals surface area contributed by atoms with Crippen molar-refractivity contribution in [2.45, 2.75) is 20.0 Å². The predicted molar refractivity (Wildman–Crippen MR) is 120 cm³/mol. The number of halogens is 2. The summed E-state index contributed by atoms with van der Waals surface area (Å²) >= 11 is 0. The van der Waals surface area contributed by atoms with Crippen LogP contribution in [-0.2, 0) is 6.42 Å². The summed E-state index contributed by atoms with van der Waals surface area (Å²) in [6, 6.07) is 6.79. The van der Waals surface area contributed by atoms with Crippen LogP contribution in [0.2, 0.25) is 0 Å². The number of alkyl halides is 2.